The summed E-state index contributed by atoms with van der Waals surface area (Å²) in [6.45, 7) is 6.38. The quantitative estimate of drug-likeness (QED) is 0.912. The van der Waals surface area contributed by atoms with Crippen molar-refractivity contribution in [1.82, 2.24) is 0 Å². The number of hydrogen-bond acceptors (Lipinski definition) is 3. The van der Waals surface area contributed by atoms with E-state index in [9.17, 15) is 12.8 Å². The summed E-state index contributed by atoms with van der Waals surface area (Å²) >= 11 is 0. The molecule has 0 amide bonds. The highest BCUT2D eigenvalue weighted by Crippen LogP contribution is 2.40. The van der Waals surface area contributed by atoms with E-state index in [1.807, 2.05) is 0 Å². The van der Waals surface area contributed by atoms with Crippen LogP contribution in [0.15, 0.2) is 29.2 Å². The lowest BCUT2D eigenvalue weighted by molar-refractivity contribution is 0.171. The van der Waals surface area contributed by atoms with Crippen LogP contribution in [0.25, 0.3) is 0 Å². The zero-order chi connectivity index (χ0) is 15.8. The highest BCUT2D eigenvalue weighted by Gasteiger charge is 2.41. The molecular formula is C16H24FNO2S. The SMILES string of the molecule is CC(C)(C)C1CCC(N)C(S(=O)(=O)c2cccc(F)c2)C1. The molecule has 1 aromatic rings. The Morgan fingerprint density at radius 3 is 2.48 bits per heavy atom. The summed E-state index contributed by atoms with van der Waals surface area (Å²) in [7, 11) is -3.59. The van der Waals surface area contributed by atoms with Crippen molar-refractivity contribution >= 4 is 9.84 Å². The molecule has 2 N–H and O–H groups in total. The lowest BCUT2D eigenvalue weighted by Crippen LogP contribution is -2.47. The average molecular weight is 313 g/mol. The topological polar surface area (TPSA) is 60.2 Å². The van der Waals surface area contributed by atoms with Gasteiger partial charge in [0, 0.05) is 6.04 Å². The molecule has 0 aliphatic heterocycles. The van der Waals surface area contributed by atoms with E-state index in [0.717, 1.165) is 12.5 Å². The molecule has 1 fully saturated rings. The van der Waals surface area contributed by atoms with E-state index in [4.69, 9.17) is 5.73 Å². The molecule has 0 spiro atoms. The van der Waals surface area contributed by atoms with E-state index in [2.05, 4.69) is 20.8 Å². The standard InChI is InChI=1S/C16H24FNO2S/c1-16(2,3)11-7-8-14(18)15(9-11)21(19,20)13-6-4-5-12(17)10-13/h4-6,10-11,14-15H,7-9,18H2,1-3H3. The molecule has 118 valence electrons. The van der Waals surface area contributed by atoms with Gasteiger partial charge < -0.3 is 5.73 Å². The van der Waals surface area contributed by atoms with E-state index < -0.39 is 20.9 Å². The number of nitrogens with two attached hydrogens (primary N) is 1. The summed E-state index contributed by atoms with van der Waals surface area (Å²) in [6, 6.07) is 4.83. The second-order valence-electron chi connectivity index (χ2n) is 7.08. The number of hydrogen-bond donors (Lipinski definition) is 1. The van der Waals surface area contributed by atoms with E-state index in [0.29, 0.717) is 18.8 Å². The van der Waals surface area contributed by atoms with Crippen LogP contribution >= 0.6 is 0 Å². The van der Waals surface area contributed by atoms with Crippen LogP contribution in [0.1, 0.15) is 40.0 Å². The molecule has 1 aromatic carbocycles. The number of halogens is 1. The fourth-order valence-corrected chi connectivity index (χ4v) is 5.09. The average Bonchev–Trinajstić information content (AvgIpc) is 2.37. The summed E-state index contributed by atoms with van der Waals surface area (Å²) in [5.41, 5.74) is 6.12. The van der Waals surface area contributed by atoms with E-state index in [-0.39, 0.29) is 16.4 Å². The van der Waals surface area contributed by atoms with Crippen LogP contribution in [-0.2, 0) is 9.84 Å². The Bertz CT molecular complexity index is 607. The highest BCUT2D eigenvalue weighted by atomic mass is 32.2. The second-order valence-corrected chi connectivity index (χ2v) is 9.25. The first-order valence-electron chi connectivity index (χ1n) is 7.37. The number of sulfone groups is 1. The maximum Gasteiger partial charge on any atom is 0.182 e. The van der Waals surface area contributed by atoms with Crippen LogP contribution < -0.4 is 5.73 Å². The van der Waals surface area contributed by atoms with E-state index in [1.54, 1.807) is 0 Å². The third kappa shape index (κ3) is 3.46. The second kappa shape index (κ2) is 5.69. The lowest BCUT2D eigenvalue weighted by Gasteiger charge is -2.40. The third-order valence-electron chi connectivity index (χ3n) is 4.59. The smallest absolute Gasteiger partial charge is 0.182 e. The maximum absolute atomic E-state index is 13.3. The van der Waals surface area contributed by atoms with Gasteiger partial charge in [-0.3, -0.25) is 0 Å². The monoisotopic (exact) mass is 313 g/mol. The fourth-order valence-electron chi connectivity index (χ4n) is 3.11. The zero-order valence-electron chi connectivity index (χ0n) is 12.8. The van der Waals surface area contributed by atoms with Gasteiger partial charge in [0.25, 0.3) is 0 Å². The van der Waals surface area contributed by atoms with Crippen molar-refractivity contribution in [2.45, 2.75) is 56.2 Å². The third-order valence-corrected chi connectivity index (χ3v) is 6.84. The molecule has 1 aliphatic carbocycles. The van der Waals surface area contributed by atoms with Gasteiger partial charge in [0.15, 0.2) is 9.84 Å². The Labute approximate surface area is 126 Å². The zero-order valence-corrected chi connectivity index (χ0v) is 13.7. The Kier molecular flexibility index (Phi) is 4.45. The molecule has 0 heterocycles. The van der Waals surface area contributed by atoms with Crippen LogP contribution in [-0.4, -0.2) is 19.7 Å². The van der Waals surface area contributed by atoms with Crippen molar-refractivity contribution in [2.75, 3.05) is 0 Å². The minimum atomic E-state index is -3.59. The molecular weight excluding hydrogens is 289 g/mol. The van der Waals surface area contributed by atoms with Gasteiger partial charge in [-0.25, -0.2) is 12.8 Å². The van der Waals surface area contributed by atoms with Gasteiger partial charge in [0.05, 0.1) is 10.1 Å². The first-order chi connectivity index (χ1) is 9.62. The van der Waals surface area contributed by atoms with Gasteiger partial charge >= 0.3 is 0 Å². The molecule has 0 saturated heterocycles. The van der Waals surface area contributed by atoms with Crippen LogP contribution in [0.2, 0.25) is 0 Å². The molecule has 3 unspecified atom stereocenters. The molecule has 0 aromatic heterocycles. The van der Waals surface area contributed by atoms with Crippen molar-refractivity contribution in [3.63, 3.8) is 0 Å². The predicted molar refractivity (Wildman–Crippen MR) is 82.1 cm³/mol. The Morgan fingerprint density at radius 2 is 1.90 bits per heavy atom. The van der Waals surface area contributed by atoms with Crippen molar-refractivity contribution in [2.24, 2.45) is 17.1 Å². The molecule has 1 aliphatic rings. The van der Waals surface area contributed by atoms with Crippen molar-refractivity contribution in [3.8, 4) is 0 Å². The van der Waals surface area contributed by atoms with Crippen molar-refractivity contribution in [1.29, 1.82) is 0 Å². The molecule has 3 nitrogen and oxygen atoms in total. The Balaban J connectivity index is 2.34. The van der Waals surface area contributed by atoms with Gasteiger partial charge in [-0.1, -0.05) is 26.8 Å². The van der Waals surface area contributed by atoms with Gasteiger partial charge in [0.2, 0.25) is 0 Å². The highest BCUT2D eigenvalue weighted by molar-refractivity contribution is 7.92. The molecule has 21 heavy (non-hydrogen) atoms. The van der Waals surface area contributed by atoms with Gasteiger partial charge in [0.1, 0.15) is 5.82 Å². The lowest BCUT2D eigenvalue weighted by atomic mass is 9.71. The van der Waals surface area contributed by atoms with Crippen LogP contribution in [0.3, 0.4) is 0 Å². The first-order valence-corrected chi connectivity index (χ1v) is 8.92. The minimum absolute atomic E-state index is 0.0394. The van der Waals surface area contributed by atoms with Gasteiger partial charge in [-0.2, -0.15) is 0 Å². The van der Waals surface area contributed by atoms with Gasteiger partial charge in [-0.15, -0.1) is 0 Å². The number of benzene rings is 1. The Hall–Kier alpha value is -0.940. The van der Waals surface area contributed by atoms with Gasteiger partial charge in [-0.05, 0) is 48.8 Å². The summed E-state index contributed by atoms with van der Waals surface area (Å²) < 4.78 is 38.9. The molecule has 3 atom stereocenters. The van der Waals surface area contributed by atoms with Crippen molar-refractivity contribution < 1.29 is 12.8 Å². The summed E-state index contributed by atoms with van der Waals surface area (Å²) in [5, 5.41) is -0.628. The minimum Gasteiger partial charge on any atom is -0.327 e. The van der Waals surface area contributed by atoms with Crippen LogP contribution in [0, 0.1) is 17.2 Å². The fraction of sp³-hybridized carbons (Fsp3) is 0.625. The van der Waals surface area contributed by atoms with Crippen LogP contribution in [0.5, 0.6) is 0 Å². The Morgan fingerprint density at radius 1 is 1.24 bits per heavy atom. The molecule has 5 heteroatoms. The summed E-state index contributed by atoms with van der Waals surface area (Å²) in [6.07, 6.45) is 2.19. The summed E-state index contributed by atoms with van der Waals surface area (Å²) in [4.78, 5) is 0.0394. The first kappa shape index (κ1) is 16.4. The van der Waals surface area contributed by atoms with Crippen molar-refractivity contribution in [3.05, 3.63) is 30.1 Å². The molecule has 2 rings (SSSR count). The largest absolute Gasteiger partial charge is 0.327 e. The number of rotatable bonds is 2. The molecule has 0 bridgehead atoms. The summed E-state index contributed by atoms with van der Waals surface area (Å²) in [5.74, 6) is -0.224. The normalized spacial score (nSPS) is 27.6. The van der Waals surface area contributed by atoms with Crippen LogP contribution in [0.4, 0.5) is 4.39 Å². The van der Waals surface area contributed by atoms with E-state index in [1.165, 1.54) is 18.2 Å². The molecule has 1 saturated carbocycles. The maximum atomic E-state index is 13.3. The van der Waals surface area contributed by atoms with E-state index >= 15 is 0 Å². The predicted octanol–water partition coefficient (Wildman–Crippen LogP) is 3.14. The molecule has 0 radical (unpaired) electrons.